The molecule has 8 heteroatoms. The van der Waals surface area contributed by atoms with Crippen LogP contribution in [0.3, 0.4) is 0 Å². The third-order valence-electron chi connectivity index (χ3n) is 4.20. The molecule has 2 aromatic heterocycles. The predicted molar refractivity (Wildman–Crippen MR) is 96.2 cm³/mol. The molecule has 3 heterocycles. The highest BCUT2D eigenvalue weighted by Gasteiger charge is 2.24. The van der Waals surface area contributed by atoms with Gasteiger partial charge in [0.1, 0.15) is 0 Å². The molecule has 1 amide bonds. The number of piperidine rings is 1. The predicted octanol–water partition coefficient (Wildman–Crippen LogP) is 2.38. The van der Waals surface area contributed by atoms with Gasteiger partial charge >= 0.3 is 0 Å². The number of nitrogens with zero attached hydrogens (tertiary/aromatic N) is 3. The van der Waals surface area contributed by atoms with Crippen LogP contribution in [0.1, 0.15) is 30.1 Å². The van der Waals surface area contributed by atoms with Crippen molar-refractivity contribution in [3.8, 4) is 0 Å². The van der Waals surface area contributed by atoms with Crippen LogP contribution in [0.15, 0.2) is 28.6 Å². The molecule has 128 valence electrons. The Kier molecular flexibility index (Phi) is 5.20. The third kappa shape index (κ3) is 3.62. The van der Waals surface area contributed by atoms with Crippen LogP contribution >= 0.6 is 22.9 Å². The van der Waals surface area contributed by atoms with Gasteiger partial charge in [-0.2, -0.15) is 0 Å². The van der Waals surface area contributed by atoms with E-state index in [0.29, 0.717) is 35.4 Å². The van der Waals surface area contributed by atoms with E-state index < -0.39 is 0 Å². The second-order valence-electron chi connectivity index (χ2n) is 5.72. The van der Waals surface area contributed by atoms with E-state index in [4.69, 9.17) is 11.6 Å². The molecule has 24 heavy (non-hydrogen) atoms. The lowest BCUT2D eigenvalue weighted by molar-refractivity contribution is 0.0931. The fourth-order valence-electron chi connectivity index (χ4n) is 2.84. The maximum absolute atomic E-state index is 12.3. The van der Waals surface area contributed by atoms with Gasteiger partial charge in [-0.25, -0.2) is 4.98 Å². The van der Waals surface area contributed by atoms with Crippen LogP contribution in [-0.4, -0.2) is 34.6 Å². The molecular formula is C16H19ClN4O2S. The van der Waals surface area contributed by atoms with Gasteiger partial charge in [0.05, 0.1) is 9.90 Å². The minimum atomic E-state index is -0.0947. The van der Waals surface area contributed by atoms with E-state index >= 15 is 0 Å². The van der Waals surface area contributed by atoms with E-state index in [1.165, 1.54) is 11.3 Å². The molecule has 1 saturated heterocycles. The molecule has 0 aromatic carbocycles. The lowest BCUT2D eigenvalue weighted by Crippen LogP contribution is -2.46. The number of aromatic nitrogens is 2. The summed E-state index contributed by atoms with van der Waals surface area (Å²) in [5.41, 5.74) is 0.540. The van der Waals surface area contributed by atoms with Gasteiger partial charge in [-0.05, 0) is 25.8 Å². The number of hydrogen-bond donors (Lipinski definition) is 1. The average Bonchev–Trinajstić information content (AvgIpc) is 3.03. The Morgan fingerprint density at radius 2 is 2.21 bits per heavy atom. The first kappa shape index (κ1) is 17.0. The number of amides is 1. The molecule has 3 rings (SSSR count). The number of halogens is 1. The number of hydrogen-bond acceptors (Lipinski definition) is 5. The maximum atomic E-state index is 12.3. The Labute approximate surface area is 149 Å². The van der Waals surface area contributed by atoms with Gasteiger partial charge in [0, 0.05) is 43.4 Å². The molecule has 0 bridgehead atoms. The zero-order valence-electron chi connectivity index (χ0n) is 13.4. The normalized spacial score (nSPS) is 15.5. The monoisotopic (exact) mass is 366 g/mol. The Balaban J connectivity index is 1.60. The van der Waals surface area contributed by atoms with E-state index in [1.807, 2.05) is 11.8 Å². The Morgan fingerprint density at radius 1 is 1.46 bits per heavy atom. The van der Waals surface area contributed by atoms with Crippen LogP contribution < -0.4 is 15.8 Å². The smallest absolute Gasteiger partial charge is 0.293 e. The quantitative estimate of drug-likeness (QED) is 0.902. The van der Waals surface area contributed by atoms with Crippen LogP contribution in [0.4, 0.5) is 5.82 Å². The summed E-state index contributed by atoms with van der Waals surface area (Å²) in [5, 5.41) is 4.79. The van der Waals surface area contributed by atoms with Gasteiger partial charge in [0.2, 0.25) is 0 Å². The Morgan fingerprint density at radius 3 is 2.83 bits per heavy atom. The summed E-state index contributed by atoms with van der Waals surface area (Å²) in [6.45, 7) is 3.96. The van der Waals surface area contributed by atoms with Crippen LogP contribution in [-0.2, 0) is 6.54 Å². The van der Waals surface area contributed by atoms with Crippen molar-refractivity contribution in [1.82, 2.24) is 14.9 Å². The number of nitrogens with one attached hydrogen (secondary N) is 1. The molecule has 1 aliphatic heterocycles. The van der Waals surface area contributed by atoms with Crippen molar-refractivity contribution in [2.75, 3.05) is 18.0 Å². The van der Waals surface area contributed by atoms with E-state index in [0.717, 1.165) is 12.8 Å². The van der Waals surface area contributed by atoms with Gasteiger partial charge in [-0.1, -0.05) is 11.6 Å². The zero-order valence-corrected chi connectivity index (χ0v) is 14.9. The SMILES string of the molecule is CCn1ccnc(N2CCC(NC(=O)c3csc(Cl)c3)CC2)c1=O. The standard InChI is InChI=1S/C16H19ClN4O2S/c1-2-20-8-5-18-14(16(20)23)21-6-3-12(4-7-21)19-15(22)11-9-13(17)24-10-11/h5,8-10,12H,2-4,6-7H2,1H3,(H,19,22). The van der Waals surface area contributed by atoms with Gasteiger partial charge in [0.15, 0.2) is 5.82 Å². The van der Waals surface area contributed by atoms with Crippen molar-refractivity contribution in [3.63, 3.8) is 0 Å². The maximum Gasteiger partial charge on any atom is 0.293 e. The minimum absolute atomic E-state index is 0.0598. The molecule has 1 aliphatic rings. The lowest BCUT2D eigenvalue weighted by atomic mass is 10.0. The van der Waals surface area contributed by atoms with Crippen LogP contribution in [0.25, 0.3) is 0 Å². The topological polar surface area (TPSA) is 67.2 Å². The first-order chi connectivity index (χ1) is 11.6. The average molecular weight is 367 g/mol. The summed E-state index contributed by atoms with van der Waals surface area (Å²) in [5.74, 6) is 0.400. The number of anilines is 1. The molecule has 0 atom stereocenters. The number of carbonyl (C=O) groups is 1. The van der Waals surface area contributed by atoms with Crippen molar-refractivity contribution >= 4 is 34.7 Å². The highest BCUT2D eigenvalue weighted by Crippen LogP contribution is 2.21. The summed E-state index contributed by atoms with van der Waals surface area (Å²) >= 11 is 7.22. The minimum Gasteiger partial charge on any atom is -0.352 e. The molecule has 2 aromatic rings. The van der Waals surface area contributed by atoms with E-state index in [-0.39, 0.29) is 17.5 Å². The van der Waals surface area contributed by atoms with Gasteiger partial charge in [-0.3, -0.25) is 9.59 Å². The molecule has 0 saturated carbocycles. The highest BCUT2D eigenvalue weighted by atomic mass is 35.5. The van der Waals surface area contributed by atoms with Crippen LogP contribution in [0.5, 0.6) is 0 Å². The second-order valence-corrected chi connectivity index (χ2v) is 7.26. The first-order valence-corrected chi connectivity index (χ1v) is 9.19. The second kappa shape index (κ2) is 7.36. The van der Waals surface area contributed by atoms with E-state index in [1.54, 1.807) is 28.4 Å². The Hall–Kier alpha value is -1.86. The summed E-state index contributed by atoms with van der Waals surface area (Å²) < 4.78 is 2.26. The summed E-state index contributed by atoms with van der Waals surface area (Å²) in [7, 11) is 0. The molecule has 1 fully saturated rings. The molecule has 0 spiro atoms. The van der Waals surface area contributed by atoms with Gasteiger partial charge < -0.3 is 14.8 Å². The number of rotatable bonds is 4. The Bertz CT molecular complexity index is 780. The summed E-state index contributed by atoms with van der Waals surface area (Å²) in [4.78, 5) is 30.7. The van der Waals surface area contributed by atoms with Crippen molar-refractivity contribution < 1.29 is 4.79 Å². The van der Waals surface area contributed by atoms with Crippen LogP contribution in [0.2, 0.25) is 4.34 Å². The largest absolute Gasteiger partial charge is 0.352 e. The molecular weight excluding hydrogens is 348 g/mol. The molecule has 6 nitrogen and oxygen atoms in total. The number of aryl methyl sites for hydroxylation is 1. The molecule has 0 aliphatic carbocycles. The van der Waals surface area contributed by atoms with E-state index in [2.05, 4.69) is 10.3 Å². The highest BCUT2D eigenvalue weighted by molar-refractivity contribution is 7.14. The van der Waals surface area contributed by atoms with Gasteiger partial charge in [0.25, 0.3) is 11.5 Å². The van der Waals surface area contributed by atoms with Gasteiger partial charge in [-0.15, -0.1) is 11.3 Å². The number of carbonyl (C=O) groups excluding carboxylic acids is 1. The van der Waals surface area contributed by atoms with Crippen molar-refractivity contribution in [3.05, 3.63) is 44.1 Å². The van der Waals surface area contributed by atoms with Crippen molar-refractivity contribution in [2.45, 2.75) is 32.4 Å². The third-order valence-corrected chi connectivity index (χ3v) is 5.29. The number of thiophene rings is 1. The molecule has 0 unspecified atom stereocenters. The summed E-state index contributed by atoms with van der Waals surface area (Å²) in [6.07, 6.45) is 4.93. The fraction of sp³-hybridized carbons (Fsp3) is 0.438. The molecule has 0 radical (unpaired) electrons. The zero-order chi connectivity index (χ0) is 17.1. The van der Waals surface area contributed by atoms with Crippen LogP contribution in [0, 0.1) is 0 Å². The summed E-state index contributed by atoms with van der Waals surface area (Å²) in [6, 6.07) is 1.78. The first-order valence-electron chi connectivity index (χ1n) is 7.93. The van der Waals surface area contributed by atoms with E-state index in [9.17, 15) is 9.59 Å². The lowest BCUT2D eigenvalue weighted by Gasteiger charge is -2.32. The fourth-order valence-corrected chi connectivity index (χ4v) is 3.70. The van der Waals surface area contributed by atoms with Crippen molar-refractivity contribution in [2.24, 2.45) is 0 Å². The molecule has 1 N–H and O–H groups in total. The van der Waals surface area contributed by atoms with Crippen molar-refractivity contribution in [1.29, 1.82) is 0 Å².